The predicted octanol–water partition coefficient (Wildman–Crippen LogP) is 4.04. The summed E-state index contributed by atoms with van der Waals surface area (Å²) in [4.78, 5) is 24.8. The van der Waals surface area contributed by atoms with Crippen LogP contribution in [0.5, 0.6) is 0 Å². The zero-order valence-corrected chi connectivity index (χ0v) is 15.5. The summed E-state index contributed by atoms with van der Waals surface area (Å²) in [6, 6.07) is 5.64. The van der Waals surface area contributed by atoms with Crippen molar-refractivity contribution < 1.29 is 18.7 Å². The summed E-state index contributed by atoms with van der Waals surface area (Å²) >= 11 is 3.87. The monoisotopic (exact) mass is 409 g/mol. The highest BCUT2D eigenvalue weighted by Crippen LogP contribution is 2.64. The summed E-state index contributed by atoms with van der Waals surface area (Å²) < 4.78 is 18.6. The van der Waals surface area contributed by atoms with Gasteiger partial charge in [0.05, 0.1) is 5.41 Å². The second-order valence-electron chi connectivity index (χ2n) is 8.03. The quantitative estimate of drug-likeness (QED) is 0.602. The van der Waals surface area contributed by atoms with Gasteiger partial charge in [0.2, 0.25) is 0 Å². The number of rotatable bonds is 4. The highest BCUT2D eigenvalue weighted by Gasteiger charge is 2.60. The van der Waals surface area contributed by atoms with E-state index in [-0.39, 0.29) is 16.9 Å². The van der Waals surface area contributed by atoms with E-state index < -0.39 is 17.1 Å². The van der Waals surface area contributed by atoms with Crippen molar-refractivity contribution in [1.29, 1.82) is 0 Å². The lowest BCUT2D eigenvalue weighted by Crippen LogP contribution is -2.56. The number of nitrogens with one attached hydrogen (secondary N) is 1. The zero-order valence-electron chi connectivity index (χ0n) is 13.9. The number of esters is 1. The van der Waals surface area contributed by atoms with Gasteiger partial charge in [0.15, 0.2) is 6.61 Å². The van der Waals surface area contributed by atoms with Gasteiger partial charge in [-0.05, 0) is 68.6 Å². The molecular formula is C19H21BrFNO3. The van der Waals surface area contributed by atoms with E-state index in [2.05, 4.69) is 21.2 Å². The van der Waals surface area contributed by atoms with Crippen molar-refractivity contribution in [1.82, 2.24) is 0 Å². The molecule has 5 rings (SSSR count). The minimum atomic E-state index is -0.447. The van der Waals surface area contributed by atoms with Gasteiger partial charge in [-0.3, -0.25) is 9.59 Å². The molecule has 0 saturated heterocycles. The van der Waals surface area contributed by atoms with Crippen molar-refractivity contribution in [2.24, 2.45) is 17.3 Å². The lowest BCUT2D eigenvalue weighted by Gasteiger charge is -2.58. The molecule has 1 aromatic carbocycles. The number of alkyl halides is 1. The third-order valence-electron chi connectivity index (χ3n) is 5.87. The van der Waals surface area contributed by atoms with E-state index in [9.17, 15) is 14.0 Å². The van der Waals surface area contributed by atoms with E-state index in [4.69, 9.17) is 4.74 Å². The van der Waals surface area contributed by atoms with Gasteiger partial charge in [0.25, 0.3) is 5.91 Å². The molecule has 2 unspecified atom stereocenters. The Morgan fingerprint density at radius 1 is 1.24 bits per heavy atom. The SMILES string of the molecule is O=C(COC(=O)C12C[C@@H]3C[C@@H](CC(Br)(C3)C1)C2)Nc1cccc(F)c1. The predicted molar refractivity (Wildman–Crippen MR) is 94.8 cm³/mol. The fourth-order valence-electron chi connectivity index (χ4n) is 5.44. The van der Waals surface area contributed by atoms with Crippen LogP contribution in [0.4, 0.5) is 10.1 Å². The van der Waals surface area contributed by atoms with Gasteiger partial charge in [0, 0.05) is 10.0 Å². The van der Waals surface area contributed by atoms with Crippen LogP contribution in [0.25, 0.3) is 0 Å². The average molecular weight is 410 g/mol. The normalized spacial score (nSPS) is 35.4. The van der Waals surface area contributed by atoms with Crippen LogP contribution < -0.4 is 5.32 Å². The number of halogens is 2. The number of carbonyl (C=O) groups excluding carboxylic acids is 2. The highest BCUT2D eigenvalue weighted by atomic mass is 79.9. The molecule has 0 aliphatic heterocycles. The molecule has 1 aromatic rings. The molecule has 4 bridgehead atoms. The van der Waals surface area contributed by atoms with Gasteiger partial charge in [-0.15, -0.1) is 0 Å². The van der Waals surface area contributed by atoms with Crippen LogP contribution in [0.2, 0.25) is 0 Å². The Kier molecular flexibility index (Phi) is 4.13. The van der Waals surface area contributed by atoms with Crippen LogP contribution in [0.3, 0.4) is 0 Å². The molecule has 1 amide bonds. The summed E-state index contributed by atoms with van der Waals surface area (Å²) in [6.45, 7) is -0.332. The molecule has 0 heterocycles. The number of benzene rings is 1. The van der Waals surface area contributed by atoms with Crippen LogP contribution in [0.1, 0.15) is 38.5 Å². The first-order chi connectivity index (χ1) is 11.9. The molecule has 6 heteroatoms. The Balaban J connectivity index is 1.37. The first-order valence-corrected chi connectivity index (χ1v) is 9.57. The van der Waals surface area contributed by atoms with Crippen molar-refractivity contribution in [2.75, 3.05) is 11.9 Å². The zero-order chi connectivity index (χ0) is 17.7. The summed E-state index contributed by atoms with van der Waals surface area (Å²) in [5.74, 6) is 0.0339. The number of hydrogen-bond acceptors (Lipinski definition) is 3. The molecule has 4 saturated carbocycles. The van der Waals surface area contributed by atoms with Crippen LogP contribution >= 0.6 is 15.9 Å². The standard InChI is InChI=1S/C19H21BrFNO3/c20-19-8-12-4-13(9-19)7-18(6-12,11-19)17(24)25-10-16(23)22-15-3-1-2-14(21)5-15/h1-3,5,12-13H,4,6-11H2,(H,22,23)/t12-,13+,18?,19?. The molecule has 1 N–H and O–H groups in total. The van der Waals surface area contributed by atoms with Gasteiger partial charge in [-0.1, -0.05) is 22.0 Å². The third-order valence-corrected chi connectivity index (χ3v) is 6.79. The fraction of sp³-hybridized carbons (Fsp3) is 0.579. The van der Waals surface area contributed by atoms with E-state index in [1.54, 1.807) is 6.07 Å². The van der Waals surface area contributed by atoms with Crippen LogP contribution in [-0.2, 0) is 14.3 Å². The van der Waals surface area contributed by atoms with E-state index >= 15 is 0 Å². The molecule has 4 atom stereocenters. The van der Waals surface area contributed by atoms with Crippen molar-refractivity contribution in [3.05, 3.63) is 30.1 Å². The lowest BCUT2D eigenvalue weighted by molar-refractivity contribution is -0.170. The number of carbonyl (C=O) groups is 2. The maximum Gasteiger partial charge on any atom is 0.312 e. The maximum atomic E-state index is 13.1. The number of anilines is 1. The van der Waals surface area contributed by atoms with Gasteiger partial charge >= 0.3 is 5.97 Å². The Bertz CT molecular complexity index is 708. The first-order valence-electron chi connectivity index (χ1n) is 8.77. The lowest BCUT2D eigenvalue weighted by atomic mass is 9.49. The Morgan fingerprint density at radius 2 is 1.96 bits per heavy atom. The van der Waals surface area contributed by atoms with Gasteiger partial charge < -0.3 is 10.1 Å². The second-order valence-corrected chi connectivity index (χ2v) is 9.71. The summed E-state index contributed by atoms with van der Waals surface area (Å²) in [7, 11) is 0. The maximum absolute atomic E-state index is 13.1. The molecular weight excluding hydrogens is 389 g/mol. The van der Waals surface area contributed by atoms with Crippen molar-refractivity contribution in [3.8, 4) is 0 Å². The summed E-state index contributed by atoms with van der Waals surface area (Å²) in [5.41, 5.74) is -0.0811. The van der Waals surface area contributed by atoms with Crippen LogP contribution in [-0.4, -0.2) is 22.8 Å². The molecule has 4 fully saturated rings. The smallest absolute Gasteiger partial charge is 0.312 e. The minimum absolute atomic E-state index is 0.0694. The number of amides is 1. The minimum Gasteiger partial charge on any atom is -0.455 e. The van der Waals surface area contributed by atoms with Crippen LogP contribution in [0.15, 0.2) is 24.3 Å². The average Bonchev–Trinajstić information content (AvgIpc) is 2.50. The Hall–Kier alpha value is -1.43. The Morgan fingerprint density at radius 3 is 2.60 bits per heavy atom. The molecule has 0 aromatic heterocycles. The van der Waals surface area contributed by atoms with E-state index in [1.807, 2.05) is 0 Å². The molecule has 134 valence electrons. The van der Waals surface area contributed by atoms with Crippen LogP contribution in [0, 0.1) is 23.1 Å². The molecule has 0 radical (unpaired) electrons. The van der Waals surface area contributed by atoms with Crippen molar-refractivity contribution in [2.45, 2.75) is 42.8 Å². The van der Waals surface area contributed by atoms with Gasteiger partial charge in [-0.2, -0.15) is 0 Å². The number of ether oxygens (including phenoxy) is 1. The highest BCUT2D eigenvalue weighted by molar-refractivity contribution is 9.10. The topological polar surface area (TPSA) is 55.4 Å². The van der Waals surface area contributed by atoms with Gasteiger partial charge in [0.1, 0.15) is 5.82 Å². The molecule has 4 aliphatic carbocycles. The summed E-state index contributed by atoms with van der Waals surface area (Å²) in [5, 5.41) is 2.55. The Labute approximate surface area is 154 Å². The van der Waals surface area contributed by atoms with E-state index in [0.717, 1.165) is 32.1 Å². The van der Waals surface area contributed by atoms with E-state index in [1.165, 1.54) is 24.6 Å². The number of hydrogen-bond donors (Lipinski definition) is 1. The third kappa shape index (κ3) is 3.33. The molecule has 4 aliphatic rings. The van der Waals surface area contributed by atoms with Crippen molar-refractivity contribution in [3.63, 3.8) is 0 Å². The second kappa shape index (κ2) is 6.08. The summed E-state index contributed by atoms with van der Waals surface area (Å²) in [6.07, 6.45) is 6.04. The van der Waals surface area contributed by atoms with Gasteiger partial charge in [-0.25, -0.2) is 4.39 Å². The largest absolute Gasteiger partial charge is 0.455 e. The fourth-order valence-corrected chi connectivity index (χ4v) is 6.89. The molecule has 25 heavy (non-hydrogen) atoms. The van der Waals surface area contributed by atoms with E-state index in [0.29, 0.717) is 17.5 Å². The van der Waals surface area contributed by atoms with Crippen molar-refractivity contribution >= 4 is 33.5 Å². The molecule has 4 nitrogen and oxygen atoms in total. The molecule has 0 spiro atoms. The first kappa shape index (κ1) is 17.0.